The number of nitrogens with zero attached hydrogens (tertiary/aromatic N) is 1. The van der Waals surface area contributed by atoms with Gasteiger partial charge >= 0.3 is 0 Å². The number of nitrogens with one attached hydrogen (secondary N) is 2. The van der Waals surface area contributed by atoms with Gasteiger partial charge in [0.2, 0.25) is 0 Å². The molecule has 2 aromatic rings. The van der Waals surface area contributed by atoms with Gasteiger partial charge in [-0.2, -0.15) is 0 Å². The lowest BCUT2D eigenvalue weighted by atomic mass is 9.94. The molecule has 0 saturated heterocycles. The van der Waals surface area contributed by atoms with E-state index in [4.69, 9.17) is 11.6 Å². The highest BCUT2D eigenvalue weighted by Gasteiger charge is 2.42. The number of hydrogen-bond donors (Lipinski definition) is 2. The third kappa shape index (κ3) is 4.49. The number of amides is 3. The van der Waals surface area contributed by atoms with E-state index in [1.165, 1.54) is 4.90 Å². The fraction of sp³-hybridized carbons (Fsp3) is 0.292. The molecule has 2 aromatic carbocycles. The maximum atomic E-state index is 12.9. The summed E-state index contributed by atoms with van der Waals surface area (Å²) in [5.74, 6) is -1.05. The molecule has 0 bridgehead atoms. The van der Waals surface area contributed by atoms with Crippen molar-refractivity contribution in [2.45, 2.75) is 45.1 Å². The molecule has 1 saturated carbocycles. The van der Waals surface area contributed by atoms with E-state index in [-0.39, 0.29) is 28.6 Å². The first kappa shape index (κ1) is 21.1. The van der Waals surface area contributed by atoms with Crippen LogP contribution in [0.25, 0.3) is 0 Å². The lowest BCUT2D eigenvalue weighted by molar-refractivity contribution is -0.140. The maximum absolute atomic E-state index is 12.9. The van der Waals surface area contributed by atoms with Crippen LogP contribution < -0.4 is 10.6 Å². The lowest BCUT2D eigenvalue weighted by Crippen LogP contribution is -2.42. The van der Waals surface area contributed by atoms with E-state index in [2.05, 4.69) is 10.6 Å². The van der Waals surface area contributed by atoms with E-state index >= 15 is 0 Å². The number of hydrogen-bond acceptors (Lipinski definition) is 4. The molecule has 1 aliphatic heterocycles. The van der Waals surface area contributed by atoms with E-state index in [0.29, 0.717) is 11.3 Å². The van der Waals surface area contributed by atoms with Gasteiger partial charge in [0, 0.05) is 23.0 Å². The summed E-state index contributed by atoms with van der Waals surface area (Å²) in [7, 11) is 0. The van der Waals surface area contributed by atoms with Crippen LogP contribution in [0.2, 0.25) is 0 Å². The van der Waals surface area contributed by atoms with Gasteiger partial charge < -0.3 is 10.6 Å². The van der Waals surface area contributed by atoms with Crippen LogP contribution in [-0.4, -0.2) is 28.7 Å². The summed E-state index contributed by atoms with van der Waals surface area (Å²) in [5, 5.41) is 5.74. The first-order valence-corrected chi connectivity index (χ1v) is 10.8. The highest BCUT2D eigenvalue weighted by molar-refractivity contribution is 6.48. The minimum atomic E-state index is -0.435. The van der Waals surface area contributed by atoms with Gasteiger partial charge in [0.05, 0.1) is 0 Å². The zero-order valence-corrected chi connectivity index (χ0v) is 18.0. The normalized spacial score (nSPS) is 17.3. The van der Waals surface area contributed by atoms with Crippen molar-refractivity contribution in [2.75, 3.05) is 10.6 Å². The maximum Gasteiger partial charge on any atom is 0.279 e. The highest BCUT2D eigenvalue weighted by Crippen LogP contribution is 2.32. The molecule has 0 atom stereocenters. The van der Waals surface area contributed by atoms with Gasteiger partial charge in [-0.25, -0.2) is 0 Å². The van der Waals surface area contributed by atoms with E-state index in [0.717, 1.165) is 43.4 Å². The fourth-order valence-corrected chi connectivity index (χ4v) is 4.29. The number of benzene rings is 2. The summed E-state index contributed by atoms with van der Waals surface area (Å²) < 4.78 is 0. The Hall–Kier alpha value is -3.12. The molecule has 6 nitrogen and oxygen atoms in total. The molecular weight excluding hydrogens is 414 g/mol. The van der Waals surface area contributed by atoms with Crippen molar-refractivity contribution in [1.82, 2.24) is 4.90 Å². The topological polar surface area (TPSA) is 78.5 Å². The number of halogens is 1. The van der Waals surface area contributed by atoms with Gasteiger partial charge in [0.1, 0.15) is 10.7 Å². The Bertz CT molecular complexity index is 1060. The Morgan fingerprint density at radius 1 is 0.968 bits per heavy atom. The molecule has 1 heterocycles. The van der Waals surface area contributed by atoms with Crippen LogP contribution >= 0.6 is 11.6 Å². The average molecular weight is 438 g/mol. The third-order valence-electron chi connectivity index (χ3n) is 5.69. The Kier molecular flexibility index (Phi) is 6.09. The molecule has 160 valence electrons. The van der Waals surface area contributed by atoms with E-state index in [9.17, 15) is 14.4 Å². The standard InChI is InChI=1S/C24H24ClN3O3/c1-15-6-5-7-18(14-15)27-22(29)16-10-12-17(13-11-16)26-21-20(25)23(30)28(24(21)31)19-8-3-2-4-9-19/h5-7,10-14,19,26H,2-4,8-9H2,1H3,(H,27,29). The molecular formula is C24H24ClN3O3. The van der Waals surface area contributed by atoms with E-state index in [1.54, 1.807) is 24.3 Å². The molecule has 1 fully saturated rings. The quantitative estimate of drug-likeness (QED) is 0.658. The number of carbonyl (C=O) groups is 3. The minimum absolute atomic E-state index is 0.0863. The second-order valence-electron chi connectivity index (χ2n) is 7.99. The number of anilines is 2. The van der Waals surface area contributed by atoms with Crippen LogP contribution in [-0.2, 0) is 9.59 Å². The molecule has 3 amide bonds. The molecule has 7 heteroatoms. The van der Waals surface area contributed by atoms with Gasteiger partial charge in [-0.15, -0.1) is 0 Å². The summed E-state index contributed by atoms with van der Waals surface area (Å²) in [6.45, 7) is 1.96. The van der Waals surface area contributed by atoms with Crippen molar-refractivity contribution in [3.63, 3.8) is 0 Å². The molecule has 31 heavy (non-hydrogen) atoms. The molecule has 2 N–H and O–H groups in total. The monoisotopic (exact) mass is 437 g/mol. The van der Waals surface area contributed by atoms with Crippen LogP contribution in [0.1, 0.15) is 48.0 Å². The summed E-state index contributed by atoms with van der Waals surface area (Å²) in [4.78, 5) is 39.2. The first-order valence-electron chi connectivity index (χ1n) is 10.5. The van der Waals surface area contributed by atoms with Crippen LogP contribution in [0.5, 0.6) is 0 Å². The van der Waals surface area contributed by atoms with Gasteiger partial charge in [-0.1, -0.05) is 43.0 Å². The Balaban J connectivity index is 1.44. The SMILES string of the molecule is Cc1cccc(NC(=O)c2ccc(NC3=C(Cl)C(=O)N(C4CCCCC4)C3=O)cc2)c1. The largest absolute Gasteiger partial charge is 0.350 e. The second-order valence-corrected chi connectivity index (χ2v) is 8.37. The average Bonchev–Trinajstić information content (AvgIpc) is 2.98. The smallest absolute Gasteiger partial charge is 0.279 e. The number of imide groups is 1. The van der Waals surface area contributed by atoms with Crippen molar-refractivity contribution >= 4 is 40.7 Å². The zero-order valence-electron chi connectivity index (χ0n) is 17.3. The highest BCUT2D eigenvalue weighted by atomic mass is 35.5. The van der Waals surface area contributed by atoms with Gasteiger partial charge in [-0.3, -0.25) is 19.3 Å². The molecule has 0 aromatic heterocycles. The van der Waals surface area contributed by atoms with Crippen molar-refractivity contribution in [3.05, 3.63) is 70.4 Å². The summed E-state index contributed by atoms with van der Waals surface area (Å²) >= 11 is 6.21. The number of aryl methyl sites for hydroxylation is 1. The molecule has 1 aliphatic carbocycles. The third-order valence-corrected chi connectivity index (χ3v) is 6.04. The van der Waals surface area contributed by atoms with Crippen molar-refractivity contribution in [2.24, 2.45) is 0 Å². The second kappa shape index (κ2) is 8.94. The minimum Gasteiger partial charge on any atom is -0.350 e. The van der Waals surface area contributed by atoms with Gasteiger partial charge in [-0.05, 0) is 61.7 Å². The summed E-state index contributed by atoms with van der Waals surface area (Å²) in [5.41, 5.74) is 2.92. The van der Waals surface area contributed by atoms with Crippen LogP contribution in [0.15, 0.2) is 59.3 Å². The number of carbonyl (C=O) groups excluding carboxylic acids is 3. The molecule has 4 rings (SSSR count). The molecule has 0 spiro atoms. The van der Waals surface area contributed by atoms with Crippen molar-refractivity contribution in [3.8, 4) is 0 Å². The first-order chi connectivity index (χ1) is 14.9. The summed E-state index contributed by atoms with van der Waals surface area (Å²) in [6.07, 6.45) is 4.78. The molecule has 0 unspecified atom stereocenters. The van der Waals surface area contributed by atoms with Gasteiger partial charge in [0.15, 0.2) is 0 Å². The predicted molar refractivity (Wildman–Crippen MR) is 121 cm³/mol. The fourth-order valence-electron chi connectivity index (χ4n) is 4.07. The van der Waals surface area contributed by atoms with E-state index in [1.807, 2.05) is 31.2 Å². The Morgan fingerprint density at radius 3 is 2.35 bits per heavy atom. The van der Waals surface area contributed by atoms with Crippen molar-refractivity contribution in [1.29, 1.82) is 0 Å². The summed E-state index contributed by atoms with van der Waals surface area (Å²) in [6, 6.07) is 14.2. The van der Waals surface area contributed by atoms with Crippen molar-refractivity contribution < 1.29 is 14.4 Å². The lowest BCUT2D eigenvalue weighted by Gasteiger charge is -2.29. The van der Waals surface area contributed by atoms with Crippen LogP contribution in [0.3, 0.4) is 0 Å². The van der Waals surface area contributed by atoms with Crippen LogP contribution in [0.4, 0.5) is 11.4 Å². The Labute approximate surface area is 186 Å². The van der Waals surface area contributed by atoms with E-state index < -0.39 is 5.91 Å². The molecule has 2 aliphatic rings. The molecule has 0 radical (unpaired) electrons. The van der Waals surface area contributed by atoms with Gasteiger partial charge in [0.25, 0.3) is 17.7 Å². The number of rotatable bonds is 5. The predicted octanol–water partition coefficient (Wildman–Crippen LogP) is 4.81. The Morgan fingerprint density at radius 2 is 1.68 bits per heavy atom. The van der Waals surface area contributed by atoms with Crippen LogP contribution in [0, 0.1) is 6.92 Å². The zero-order chi connectivity index (χ0) is 22.0.